The van der Waals surface area contributed by atoms with E-state index in [1.165, 1.54) is 6.92 Å². The molecular formula is C26H20N4O3S. The van der Waals surface area contributed by atoms with E-state index < -0.39 is 0 Å². The van der Waals surface area contributed by atoms with Crippen LogP contribution in [0, 0.1) is 0 Å². The summed E-state index contributed by atoms with van der Waals surface area (Å²) in [4.78, 5) is 33.2. The van der Waals surface area contributed by atoms with E-state index in [1.807, 2.05) is 59.5 Å². The van der Waals surface area contributed by atoms with E-state index in [2.05, 4.69) is 15.5 Å². The van der Waals surface area contributed by atoms with Crippen LogP contribution in [-0.4, -0.2) is 28.0 Å². The zero-order valence-electron chi connectivity index (χ0n) is 18.3. The van der Waals surface area contributed by atoms with Crippen molar-refractivity contribution in [1.82, 2.24) is 10.1 Å². The molecule has 2 aliphatic rings. The fraction of sp³-hybridized carbons (Fsp3) is 0.154. The number of hydrogen-bond donors (Lipinski definition) is 1. The summed E-state index contributed by atoms with van der Waals surface area (Å²) in [7, 11) is 0. The van der Waals surface area contributed by atoms with Crippen molar-refractivity contribution in [3.63, 3.8) is 0 Å². The van der Waals surface area contributed by atoms with Gasteiger partial charge in [-0.05, 0) is 61.4 Å². The maximum atomic E-state index is 13.3. The molecule has 1 N–H and O–H groups in total. The predicted molar refractivity (Wildman–Crippen MR) is 130 cm³/mol. The summed E-state index contributed by atoms with van der Waals surface area (Å²) in [6.45, 7) is 1.46. The molecule has 0 spiro atoms. The Labute approximate surface area is 200 Å². The second kappa shape index (κ2) is 8.14. The van der Waals surface area contributed by atoms with E-state index in [-0.39, 0.29) is 17.9 Å². The summed E-state index contributed by atoms with van der Waals surface area (Å²) in [5.41, 5.74) is 3.84. The van der Waals surface area contributed by atoms with Crippen molar-refractivity contribution in [2.45, 2.75) is 35.6 Å². The molecule has 2 amide bonds. The van der Waals surface area contributed by atoms with Crippen molar-refractivity contribution in [3.05, 3.63) is 72.3 Å². The van der Waals surface area contributed by atoms with Crippen LogP contribution in [0.3, 0.4) is 0 Å². The molecule has 7 nitrogen and oxygen atoms in total. The van der Waals surface area contributed by atoms with Crippen LogP contribution in [-0.2, 0) is 4.79 Å². The lowest BCUT2D eigenvalue weighted by Crippen LogP contribution is -2.32. The third-order valence-electron chi connectivity index (χ3n) is 5.80. The lowest BCUT2D eigenvalue weighted by atomic mass is 10.1. The third-order valence-corrected chi connectivity index (χ3v) is 6.92. The van der Waals surface area contributed by atoms with Gasteiger partial charge in [0.05, 0.1) is 11.3 Å². The van der Waals surface area contributed by atoms with E-state index in [0.717, 1.165) is 39.4 Å². The third kappa shape index (κ3) is 3.76. The van der Waals surface area contributed by atoms with Crippen LogP contribution in [0.5, 0.6) is 0 Å². The van der Waals surface area contributed by atoms with Crippen LogP contribution in [0.15, 0.2) is 81.0 Å². The molecule has 0 saturated heterocycles. The topological polar surface area (TPSA) is 88.3 Å². The van der Waals surface area contributed by atoms with E-state index in [9.17, 15) is 9.59 Å². The highest BCUT2D eigenvalue weighted by Gasteiger charge is 2.38. The Kier molecular flexibility index (Phi) is 4.95. The summed E-state index contributed by atoms with van der Waals surface area (Å²) in [6, 6.07) is 21.2. The molecule has 0 atom stereocenters. The smallest absolute Gasteiger partial charge is 0.259 e. The number of carbonyl (C=O) groups is 2. The van der Waals surface area contributed by atoms with Gasteiger partial charge in [0.2, 0.25) is 11.7 Å². The highest BCUT2D eigenvalue weighted by atomic mass is 32.2. The molecule has 8 heteroatoms. The number of nitrogens with zero attached hydrogens (tertiary/aromatic N) is 3. The quantitative estimate of drug-likeness (QED) is 0.417. The summed E-state index contributed by atoms with van der Waals surface area (Å²) in [5, 5.41) is 6.95. The number of amides is 2. The highest BCUT2D eigenvalue weighted by molar-refractivity contribution is 7.99. The van der Waals surface area contributed by atoms with Gasteiger partial charge in [0.15, 0.2) is 0 Å². The number of anilines is 2. The number of rotatable bonds is 4. The molecule has 3 aromatic carbocycles. The molecule has 1 saturated carbocycles. The van der Waals surface area contributed by atoms with Crippen molar-refractivity contribution >= 4 is 35.0 Å². The number of hydrogen-bond acceptors (Lipinski definition) is 6. The van der Waals surface area contributed by atoms with Gasteiger partial charge in [-0.2, -0.15) is 4.98 Å². The highest BCUT2D eigenvalue weighted by Crippen LogP contribution is 2.46. The van der Waals surface area contributed by atoms with E-state index in [4.69, 9.17) is 4.52 Å². The van der Waals surface area contributed by atoms with Crippen molar-refractivity contribution in [2.75, 3.05) is 10.2 Å². The lowest BCUT2D eigenvalue weighted by Gasteiger charge is -2.22. The van der Waals surface area contributed by atoms with Gasteiger partial charge in [-0.3, -0.25) is 9.59 Å². The molecule has 1 fully saturated rings. The van der Waals surface area contributed by atoms with Crippen LogP contribution in [0.1, 0.15) is 30.1 Å². The van der Waals surface area contributed by atoms with Gasteiger partial charge in [0.25, 0.3) is 11.8 Å². The summed E-state index contributed by atoms with van der Waals surface area (Å²) >= 11 is 1.59. The maximum absolute atomic E-state index is 13.3. The average molecular weight is 469 g/mol. The van der Waals surface area contributed by atoms with Crippen LogP contribution in [0.25, 0.3) is 22.8 Å². The Hall–Kier alpha value is -3.91. The van der Waals surface area contributed by atoms with Crippen molar-refractivity contribution < 1.29 is 14.1 Å². The summed E-state index contributed by atoms with van der Waals surface area (Å²) in [5.74, 6) is 0.735. The van der Waals surface area contributed by atoms with Crippen molar-refractivity contribution in [2.24, 2.45) is 0 Å². The van der Waals surface area contributed by atoms with Gasteiger partial charge in [0, 0.05) is 39.6 Å². The first-order valence-corrected chi connectivity index (χ1v) is 11.8. The predicted octanol–water partition coefficient (Wildman–Crippen LogP) is 5.64. The minimum absolute atomic E-state index is 0.0537. The Morgan fingerprint density at radius 2 is 1.88 bits per heavy atom. The maximum Gasteiger partial charge on any atom is 0.259 e. The SMILES string of the molecule is CC(=O)Nc1cccc(-c2nc(-c3ccc4c(c3)Sc3ccccc3C(=O)N4C3CC3)no2)c1. The standard InChI is InChI=1S/C26H20N4O3S/c1-15(31)27-18-6-4-5-17(13-18)25-28-24(29-33-25)16-9-12-21-23(14-16)34-22-8-3-2-7-20(22)26(32)30(21)19-10-11-19/h2-9,12-14,19H,10-11H2,1H3,(H,27,31). The number of carbonyl (C=O) groups excluding carboxylic acids is 2. The lowest BCUT2D eigenvalue weighted by molar-refractivity contribution is -0.114. The summed E-state index contributed by atoms with van der Waals surface area (Å²) in [6.07, 6.45) is 2.04. The first-order valence-electron chi connectivity index (χ1n) is 11.0. The molecule has 34 heavy (non-hydrogen) atoms. The Morgan fingerprint density at radius 3 is 2.71 bits per heavy atom. The van der Waals surface area contributed by atoms with Gasteiger partial charge >= 0.3 is 0 Å². The van der Waals surface area contributed by atoms with E-state index >= 15 is 0 Å². The fourth-order valence-corrected chi connectivity index (χ4v) is 5.22. The molecule has 1 aliphatic heterocycles. The van der Waals surface area contributed by atoms with Crippen LogP contribution in [0.2, 0.25) is 0 Å². The van der Waals surface area contributed by atoms with Crippen LogP contribution < -0.4 is 10.2 Å². The van der Waals surface area contributed by atoms with E-state index in [0.29, 0.717) is 23.0 Å². The van der Waals surface area contributed by atoms with Crippen molar-refractivity contribution in [1.29, 1.82) is 0 Å². The Balaban J connectivity index is 1.37. The number of aromatic nitrogens is 2. The fourth-order valence-electron chi connectivity index (χ4n) is 4.11. The van der Waals surface area contributed by atoms with Crippen LogP contribution in [0.4, 0.5) is 11.4 Å². The van der Waals surface area contributed by atoms with Gasteiger partial charge in [-0.1, -0.05) is 35.1 Å². The zero-order valence-corrected chi connectivity index (χ0v) is 19.1. The molecule has 4 aromatic rings. The van der Waals surface area contributed by atoms with Gasteiger partial charge in [0.1, 0.15) is 0 Å². The molecule has 1 aliphatic carbocycles. The molecule has 2 heterocycles. The molecule has 1 aromatic heterocycles. The molecule has 6 rings (SSSR count). The monoisotopic (exact) mass is 468 g/mol. The zero-order chi connectivity index (χ0) is 23.2. The molecule has 0 radical (unpaired) electrons. The number of nitrogens with one attached hydrogen (secondary N) is 1. The number of benzene rings is 3. The largest absolute Gasteiger partial charge is 0.334 e. The Bertz CT molecular complexity index is 1440. The molecule has 0 unspecified atom stereocenters. The van der Waals surface area contributed by atoms with Gasteiger partial charge < -0.3 is 14.7 Å². The second-order valence-corrected chi connectivity index (χ2v) is 9.46. The van der Waals surface area contributed by atoms with Crippen molar-refractivity contribution in [3.8, 4) is 22.8 Å². The van der Waals surface area contributed by atoms with Gasteiger partial charge in [-0.15, -0.1) is 0 Å². The second-order valence-electron chi connectivity index (χ2n) is 8.37. The minimum Gasteiger partial charge on any atom is -0.334 e. The van der Waals surface area contributed by atoms with Crippen LogP contribution >= 0.6 is 11.8 Å². The molecule has 168 valence electrons. The first kappa shape index (κ1) is 20.7. The first-order chi connectivity index (χ1) is 16.6. The summed E-state index contributed by atoms with van der Waals surface area (Å²) < 4.78 is 5.53. The molecule has 0 bridgehead atoms. The van der Waals surface area contributed by atoms with E-state index in [1.54, 1.807) is 23.9 Å². The average Bonchev–Trinajstić information content (AvgIpc) is 3.56. The molecular weight excluding hydrogens is 448 g/mol. The normalized spacial score (nSPS) is 14.9. The number of fused-ring (bicyclic) bond motifs is 2. The Morgan fingerprint density at radius 1 is 1.03 bits per heavy atom. The minimum atomic E-state index is -0.147. The van der Waals surface area contributed by atoms with Gasteiger partial charge in [-0.25, -0.2) is 0 Å².